The molecule has 29 heavy (non-hydrogen) atoms. The Bertz CT molecular complexity index is 1080. The molecule has 0 atom stereocenters. The number of imide groups is 1. The second kappa shape index (κ2) is 6.70. The molecule has 3 heterocycles. The van der Waals surface area contributed by atoms with Crippen molar-refractivity contribution in [3.8, 4) is 11.3 Å². The molecule has 2 fully saturated rings. The first kappa shape index (κ1) is 17.9. The number of urea groups is 1. The van der Waals surface area contributed by atoms with Crippen molar-refractivity contribution in [1.82, 2.24) is 19.6 Å². The van der Waals surface area contributed by atoms with Crippen LogP contribution in [0.2, 0.25) is 0 Å². The van der Waals surface area contributed by atoms with Crippen LogP contribution in [0.25, 0.3) is 16.2 Å². The van der Waals surface area contributed by atoms with Crippen molar-refractivity contribution < 1.29 is 14.4 Å². The number of nitrogens with one attached hydrogen (secondary N) is 2. The van der Waals surface area contributed by atoms with Gasteiger partial charge in [-0.1, -0.05) is 25.0 Å². The minimum Gasteiger partial charge on any atom is -0.325 e. The number of hydrogen-bond donors (Lipinski definition) is 2. The third kappa shape index (κ3) is 3.07. The number of rotatable bonds is 4. The SMILES string of the molecule is O=C(CN1C(=O)NC2(CCCC2)C1=O)Nc1ccc(-c2cn3ccsc3n2)cc1. The Morgan fingerprint density at radius 3 is 2.69 bits per heavy atom. The third-order valence-electron chi connectivity index (χ3n) is 5.56. The average Bonchev–Trinajstić information content (AvgIpc) is 3.45. The summed E-state index contributed by atoms with van der Waals surface area (Å²) < 4.78 is 1.96. The lowest BCUT2D eigenvalue weighted by Gasteiger charge is -2.19. The summed E-state index contributed by atoms with van der Waals surface area (Å²) in [5, 5.41) is 7.51. The highest BCUT2D eigenvalue weighted by molar-refractivity contribution is 7.15. The fraction of sp³-hybridized carbons (Fsp3) is 0.300. The van der Waals surface area contributed by atoms with Gasteiger partial charge in [0.2, 0.25) is 5.91 Å². The van der Waals surface area contributed by atoms with Gasteiger partial charge in [0.25, 0.3) is 5.91 Å². The van der Waals surface area contributed by atoms with Crippen molar-refractivity contribution in [2.75, 3.05) is 11.9 Å². The largest absolute Gasteiger partial charge is 0.325 e. The van der Waals surface area contributed by atoms with Crippen LogP contribution in [-0.4, -0.2) is 44.2 Å². The van der Waals surface area contributed by atoms with Crippen LogP contribution in [0.3, 0.4) is 0 Å². The van der Waals surface area contributed by atoms with Crippen molar-refractivity contribution in [3.63, 3.8) is 0 Å². The minimum absolute atomic E-state index is 0.286. The zero-order valence-electron chi connectivity index (χ0n) is 15.6. The van der Waals surface area contributed by atoms with E-state index < -0.39 is 17.5 Å². The molecule has 148 valence electrons. The van der Waals surface area contributed by atoms with Gasteiger partial charge >= 0.3 is 6.03 Å². The number of aromatic nitrogens is 2. The summed E-state index contributed by atoms with van der Waals surface area (Å²) in [5.41, 5.74) is 1.60. The van der Waals surface area contributed by atoms with Crippen molar-refractivity contribution in [3.05, 3.63) is 42.0 Å². The smallest absolute Gasteiger partial charge is 0.325 e. The molecule has 2 N–H and O–H groups in total. The maximum Gasteiger partial charge on any atom is 0.325 e. The molecular formula is C20H19N5O3S. The molecule has 9 heteroatoms. The predicted molar refractivity (Wildman–Crippen MR) is 109 cm³/mol. The summed E-state index contributed by atoms with van der Waals surface area (Å²) >= 11 is 1.57. The Hall–Kier alpha value is -3.20. The molecule has 1 spiro atoms. The van der Waals surface area contributed by atoms with Gasteiger partial charge in [0.15, 0.2) is 4.96 Å². The van der Waals surface area contributed by atoms with Crippen molar-refractivity contribution in [2.24, 2.45) is 0 Å². The van der Waals surface area contributed by atoms with Crippen molar-refractivity contribution in [2.45, 2.75) is 31.2 Å². The second-order valence-electron chi connectivity index (χ2n) is 7.46. The topological polar surface area (TPSA) is 95.8 Å². The van der Waals surface area contributed by atoms with E-state index in [4.69, 9.17) is 0 Å². The van der Waals surface area contributed by atoms with Gasteiger partial charge in [0, 0.05) is 29.0 Å². The molecule has 0 unspecified atom stereocenters. The first-order valence-electron chi connectivity index (χ1n) is 9.51. The summed E-state index contributed by atoms with van der Waals surface area (Å²) in [5.74, 6) is -0.691. The molecule has 1 aliphatic heterocycles. The van der Waals surface area contributed by atoms with Crippen LogP contribution in [0, 0.1) is 0 Å². The van der Waals surface area contributed by atoms with Crippen molar-refractivity contribution >= 4 is 39.8 Å². The molecule has 4 amide bonds. The molecule has 0 radical (unpaired) electrons. The Kier molecular flexibility index (Phi) is 4.13. The van der Waals surface area contributed by atoms with Crippen LogP contribution in [0.15, 0.2) is 42.0 Å². The van der Waals surface area contributed by atoms with E-state index in [1.807, 2.05) is 34.3 Å². The quantitative estimate of drug-likeness (QED) is 0.648. The normalized spacial score (nSPS) is 18.0. The Labute approximate surface area is 170 Å². The Morgan fingerprint density at radius 2 is 1.97 bits per heavy atom. The molecule has 1 saturated heterocycles. The summed E-state index contributed by atoms with van der Waals surface area (Å²) in [6.45, 7) is -0.286. The average molecular weight is 409 g/mol. The number of amides is 4. The first-order valence-corrected chi connectivity index (χ1v) is 10.4. The van der Waals surface area contributed by atoms with E-state index in [-0.39, 0.29) is 12.5 Å². The van der Waals surface area contributed by atoms with Gasteiger partial charge in [0.05, 0.1) is 5.69 Å². The van der Waals surface area contributed by atoms with Crippen LogP contribution >= 0.6 is 11.3 Å². The van der Waals surface area contributed by atoms with E-state index >= 15 is 0 Å². The van der Waals surface area contributed by atoms with E-state index in [0.717, 1.165) is 34.0 Å². The number of thiazole rings is 1. The van der Waals surface area contributed by atoms with Gasteiger partial charge in [0.1, 0.15) is 12.1 Å². The van der Waals surface area contributed by atoms with E-state index in [9.17, 15) is 14.4 Å². The summed E-state index contributed by atoms with van der Waals surface area (Å²) in [6.07, 6.45) is 7.01. The number of anilines is 1. The fourth-order valence-electron chi connectivity index (χ4n) is 4.07. The zero-order valence-corrected chi connectivity index (χ0v) is 16.4. The van der Waals surface area contributed by atoms with E-state index in [0.29, 0.717) is 18.5 Å². The first-order chi connectivity index (χ1) is 14.0. The predicted octanol–water partition coefficient (Wildman–Crippen LogP) is 2.87. The Morgan fingerprint density at radius 1 is 1.21 bits per heavy atom. The number of hydrogen-bond acceptors (Lipinski definition) is 5. The molecule has 3 aromatic rings. The molecule has 0 bridgehead atoms. The molecule has 8 nitrogen and oxygen atoms in total. The highest BCUT2D eigenvalue weighted by atomic mass is 32.1. The summed E-state index contributed by atoms with van der Waals surface area (Å²) in [6, 6.07) is 6.84. The standard InChI is InChI=1S/C20H19N5O3S/c26-16(12-25-17(27)20(23-18(25)28)7-1-2-8-20)21-14-5-3-13(4-6-14)15-11-24-9-10-29-19(24)22-15/h3-6,9-11H,1-2,7-8,12H2,(H,21,26)(H,23,28). The van der Waals surface area contributed by atoms with Crippen LogP contribution in [0.5, 0.6) is 0 Å². The number of benzene rings is 1. The van der Waals surface area contributed by atoms with Gasteiger partial charge in [-0.05, 0) is 25.0 Å². The lowest BCUT2D eigenvalue weighted by atomic mass is 9.98. The molecule has 2 aliphatic rings. The number of fused-ring (bicyclic) bond motifs is 1. The molecule has 5 rings (SSSR count). The third-order valence-corrected chi connectivity index (χ3v) is 6.33. The Balaban J connectivity index is 1.24. The fourth-order valence-corrected chi connectivity index (χ4v) is 4.77. The molecular weight excluding hydrogens is 390 g/mol. The molecule has 2 aromatic heterocycles. The van der Waals surface area contributed by atoms with Gasteiger partial charge in [-0.2, -0.15) is 0 Å². The number of imidazole rings is 1. The zero-order chi connectivity index (χ0) is 20.0. The molecule has 1 aromatic carbocycles. The maximum atomic E-state index is 12.6. The highest BCUT2D eigenvalue weighted by Crippen LogP contribution is 2.35. The van der Waals surface area contributed by atoms with Gasteiger partial charge in [-0.25, -0.2) is 9.78 Å². The van der Waals surface area contributed by atoms with Crippen LogP contribution in [0.4, 0.5) is 10.5 Å². The van der Waals surface area contributed by atoms with E-state index in [2.05, 4.69) is 15.6 Å². The van der Waals surface area contributed by atoms with Crippen LogP contribution in [0.1, 0.15) is 25.7 Å². The molecule has 1 saturated carbocycles. The van der Waals surface area contributed by atoms with Gasteiger partial charge < -0.3 is 10.6 Å². The van der Waals surface area contributed by atoms with Gasteiger partial charge in [-0.15, -0.1) is 11.3 Å². The summed E-state index contributed by atoms with van der Waals surface area (Å²) in [4.78, 5) is 43.7. The highest BCUT2D eigenvalue weighted by Gasteiger charge is 2.52. The van der Waals surface area contributed by atoms with E-state index in [1.54, 1.807) is 23.5 Å². The molecule has 1 aliphatic carbocycles. The second-order valence-corrected chi connectivity index (χ2v) is 8.33. The van der Waals surface area contributed by atoms with Crippen LogP contribution in [-0.2, 0) is 9.59 Å². The number of carbonyl (C=O) groups is 3. The monoisotopic (exact) mass is 409 g/mol. The lowest BCUT2D eigenvalue weighted by molar-refractivity contribution is -0.133. The number of nitrogens with zero attached hydrogens (tertiary/aromatic N) is 3. The van der Waals surface area contributed by atoms with Gasteiger partial charge in [-0.3, -0.25) is 18.9 Å². The van der Waals surface area contributed by atoms with Crippen molar-refractivity contribution in [1.29, 1.82) is 0 Å². The van der Waals surface area contributed by atoms with Crippen LogP contribution < -0.4 is 10.6 Å². The minimum atomic E-state index is -0.794. The maximum absolute atomic E-state index is 12.6. The van der Waals surface area contributed by atoms with E-state index in [1.165, 1.54) is 0 Å². The number of carbonyl (C=O) groups excluding carboxylic acids is 3. The lowest BCUT2D eigenvalue weighted by Crippen LogP contribution is -2.44. The summed E-state index contributed by atoms with van der Waals surface area (Å²) in [7, 11) is 0.